The Bertz CT molecular complexity index is 370. The summed E-state index contributed by atoms with van der Waals surface area (Å²) in [6, 6.07) is 0.184. The van der Waals surface area contributed by atoms with Gasteiger partial charge < -0.3 is 16.3 Å². The van der Waals surface area contributed by atoms with Crippen LogP contribution in [0.3, 0.4) is 0 Å². The maximum atomic E-state index is 12.2. The van der Waals surface area contributed by atoms with E-state index in [1.165, 1.54) is 25.7 Å². The predicted octanol–water partition coefficient (Wildman–Crippen LogP) is 1.70. The zero-order valence-corrected chi connectivity index (χ0v) is 11.8. The van der Waals surface area contributed by atoms with E-state index in [0.29, 0.717) is 12.3 Å². The van der Waals surface area contributed by atoms with Crippen LogP contribution in [0.15, 0.2) is 5.16 Å². The molecule has 4 N–H and O–H groups in total. The summed E-state index contributed by atoms with van der Waals surface area (Å²) in [5, 5.41) is 14.7. The first-order chi connectivity index (χ1) is 9.06. The molecule has 5 heteroatoms. The van der Waals surface area contributed by atoms with Gasteiger partial charge in [-0.2, -0.15) is 0 Å². The molecular formula is C14H25N3O2. The number of carbonyl (C=O) groups excluding carboxylic acids is 1. The Kier molecular flexibility index (Phi) is 4.32. The van der Waals surface area contributed by atoms with Crippen LogP contribution in [0.5, 0.6) is 0 Å². The molecule has 2 aliphatic carbocycles. The molecule has 19 heavy (non-hydrogen) atoms. The van der Waals surface area contributed by atoms with Crippen LogP contribution >= 0.6 is 0 Å². The smallest absolute Gasteiger partial charge is 0.231 e. The summed E-state index contributed by atoms with van der Waals surface area (Å²) in [4.78, 5) is 12.2. The summed E-state index contributed by atoms with van der Waals surface area (Å²) in [7, 11) is 0. The van der Waals surface area contributed by atoms with Crippen LogP contribution < -0.4 is 11.1 Å². The molecule has 5 unspecified atom stereocenters. The minimum absolute atomic E-state index is 0.000132. The van der Waals surface area contributed by atoms with Gasteiger partial charge in [0.25, 0.3) is 0 Å². The summed E-state index contributed by atoms with van der Waals surface area (Å²) in [6.45, 7) is 3.95. The van der Waals surface area contributed by atoms with Gasteiger partial charge in [0.15, 0.2) is 5.84 Å². The van der Waals surface area contributed by atoms with Crippen LogP contribution in [0.2, 0.25) is 0 Å². The van der Waals surface area contributed by atoms with Gasteiger partial charge in [-0.05, 0) is 50.4 Å². The maximum absolute atomic E-state index is 12.2. The topological polar surface area (TPSA) is 87.7 Å². The lowest BCUT2D eigenvalue weighted by atomic mass is 9.83. The Morgan fingerprint density at radius 2 is 2.21 bits per heavy atom. The number of carbonyl (C=O) groups is 1. The van der Waals surface area contributed by atoms with Crippen molar-refractivity contribution in [3.8, 4) is 0 Å². The van der Waals surface area contributed by atoms with Crippen molar-refractivity contribution in [2.75, 3.05) is 0 Å². The van der Waals surface area contributed by atoms with Crippen molar-refractivity contribution in [2.45, 2.75) is 52.0 Å². The molecule has 0 aromatic carbocycles. The van der Waals surface area contributed by atoms with Crippen molar-refractivity contribution in [1.82, 2.24) is 5.32 Å². The lowest BCUT2D eigenvalue weighted by molar-refractivity contribution is -0.124. The fourth-order valence-electron chi connectivity index (χ4n) is 3.94. The first-order valence-electron chi connectivity index (χ1n) is 7.34. The van der Waals surface area contributed by atoms with Gasteiger partial charge in [0, 0.05) is 6.04 Å². The van der Waals surface area contributed by atoms with Gasteiger partial charge >= 0.3 is 0 Å². The highest BCUT2D eigenvalue weighted by Gasteiger charge is 2.42. The van der Waals surface area contributed by atoms with E-state index in [9.17, 15) is 4.79 Å². The van der Waals surface area contributed by atoms with Crippen molar-refractivity contribution >= 4 is 11.7 Å². The lowest BCUT2D eigenvalue weighted by Gasteiger charge is -2.29. The van der Waals surface area contributed by atoms with Gasteiger partial charge in [0.2, 0.25) is 5.91 Å². The molecular weight excluding hydrogens is 242 g/mol. The molecule has 1 amide bonds. The maximum Gasteiger partial charge on any atom is 0.231 e. The standard InChI is InChI=1S/C14H25N3O2/c1-3-11(13(15)17-19)14(18)16-8(2)12-7-9-4-5-10(12)6-9/h8-12,19H,3-7H2,1-2H3,(H2,15,17)(H,16,18). The molecule has 0 aliphatic heterocycles. The molecule has 2 rings (SSSR count). The fraction of sp³-hybridized carbons (Fsp3) is 0.857. The molecule has 2 aliphatic rings. The summed E-state index contributed by atoms with van der Waals surface area (Å²) in [5.74, 6) is 1.62. The highest BCUT2D eigenvalue weighted by atomic mass is 16.4. The molecule has 2 bridgehead atoms. The van der Waals surface area contributed by atoms with Crippen LogP contribution in [-0.4, -0.2) is 23.0 Å². The number of nitrogens with one attached hydrogen (secondary N) is 1. The predicted molar refractivity (Wildman–Crippen MR) is 73.7 cm³/mol. The number of hydrogen-bond donors (Lipinski definition) is 3. The van der Waals surface area contributed by atoms with E-state index in [1.54, 1.807) is 0 Å². The minimum Gasteiger partial charge on any atom is -0.409 e. The van der Waals surface area contributed by atoms with Gasteiger partial charge in [-0.3, -0.25) is 4.79 Å². The molecule has 0 spiro atoms. The fourth-order valence-corrected chi connectivity index (χ4v) is 3.94. The molecule has 0 aromatic rings. The van der Waals surface area contributed by atoms with Gasteiger partial charge in [-0.1, -0.05) is 18.5 Å². The van der Waals surface area contributed by atoms with Crippen molar-refractivity contribution in [1.29, 1.82) is 0 Å². The average Bonchev–Trinajstić information content (AvgIpc) is 3.01. The molecule has 2 saturated carbocycles. The lowest BCUT2D eigenvalue weighted by Crippen LogP contribution is -2.46. The first-order valence-corrected chi connectivity index (χ1v) is 7.34. The van der Waals surface area contributed by atoms with E-state index in [1.807, 2.05) is 6.92 Å². The monoisotopic (exact) mass is 267 g/mol. The van der Waals surface area contributed by atoms with Gasteiger partial charge in [-0.15, -0.1) is 0 Å². The molecule has 5 nitrogen and oxygen atoms in total. The number of nitrogens with zero attached hydrogens (tertiary/aromatic N) is 1. The van der Waals surface area contributed by atoms with Crippen LogP contribution in [-0.2, 0) is 4.79 Å². The van der Waals surface area contributed by atoms with E-state index in [-0.39, 0.29) is 17.8 Å². The van der Waals surface area contributed by atoms with E-state index >= 15 is 0 Å². The largest absolute Gasteiger partial charge is 0.409 e. The van der Waals surface area contributed by atoms with E-state index in [0.717, 1.165) is 11.8 Å². The van der Waals surface area contributed by atoms with Crippen LogP contribution in [0, 0.1) is 23.7 Å². The van der Waals surface area contributed by atoms with E-state index in [2.05, 4.69) is 17.4 Å². The number of amides is 1. The minimum atomic E-state index is -0.522. The SMILES string of the molecule is CCC(C(=O)NC(C)C1CC2CCC1C2)C(N)=NO. The van der Waals surface area contributed by atoms with Crippen LogP contribution in [0.1, 0.15) is 46.0 Å². The van der Waals surface area contributed by atoms with Gasteiger partial charge in [0.1, 0.15) is 0 Å². The number of amidine groups is 1. The zero-order chi connectivity index (χ0) is 14.0. The summed E-state index contributed by atoms with van der Waals surface area (Å²) in [5.41, 5.74) is 5.56. The molecule has 2 fully saturated rings. The highest BCUT2D eigenvalue weighted by molar-refractivity contribution is 6.02. The quantitative estimate of drug-likeness (QED) is 0.306. The third kappa shape index (κ3) is 2.85. The summed E-state index contributed by atoms with van der Waals surface area (Å²) in [6.07, 6.45) is 5.80. The third-order valence-corrected chi connectivity index (χ3v) is 5.00. The Balaban J connectivity index is 1.91. The Labute approximate surface area is 114 Å². The number of nitrogens with two attached hydrogens (primary N) is 1. The van der Waals surface area contributed by atoms with E-state index in [4.69, 9.17) is 10.9 Å². The number of oxime groups is 1. The number of hydrogen-bond acceptors (Lipinski definition) is 3. The second kappa shape index (κ2) is 5.80. The number of rotatable bonds is 5. The van der Waals surface area contributed by atoms with Crippen molar-refractivity contribution in [3.05, 3.63) is 0 Å². The zero-order valence-electron chi connectivity index (χ0n) is 11.8. The second-order valence-electron chi connectivity index (χ2n) is 6.12. The second-order valence-corrected chi connectivity index (χ2v) is 6.12. The van der Waals surface area contributed by atoms with Crippen molar-refractivity contribution < 1.29 is 10.0 Å². The van der Waals surface area contributed by atoms with Crippen molar-refractivity contribution in [3.63, 3.8) is 0 Å². The third-order valence-electron chi connectivity index (χ3n) is 5.00. The molecule has 0 heterocycles. The Morgan fingerprint density at radius 3 is 2.68 bits per heavy atom. The average molecular weight is 267 g/mol. The molecule has 0 radical (unpaired) electrons. The first kappa shape index (κ1) is 14.2. The Hall–Kier alpha value is -1.26. The molecule has 0 saturated heterocycles. The summed E-state index contributed by atoms with van der Waals surface area (Å²) < 4.78 is 0. The van der Waals surface area contributed by atoms with Gasteiger partial charge in [-0.25, -0.2) is 0 Å². The van der Waals surface area contributed by atoms with Crippen LogP contribution in [0.25, 0.3) is 0 Å². The summed E-state index contributed by atoms with van der Waals surface area (Å²) >= 11 is 0. The number of fused-ring (bicyclic) bond motifs is 2. The molecule has 5 atom stereocenters. The highest BCUT2D eigenvalue weighted by Crippen LogP contribution is 2.49. The van der Waals surface area contributed by atoms with E-state index < -0.39 is 5.92 Å². The van der Waals surface area contributed by atoms with Crippen molar-refractivity contribution in [2.24, 2.45) is 34.6 Å². The Morgan fingerprint density at radius 1 is 1.47 bits per heavy atom. The molecule has 108 valence electrons. The molecule has 0 aromatic heterocycles. The van der Waals surface area contributed by atoms with Gasteiger partial charge in [0.05, 0.1) is 5.92 Å². The van der Waals surface area contributed by atoms with Crippen LogP contribution in [0.4, 0.5) is 0 Å². The normalized spacial score (nSPS) is 33.2.